The number of nitro benzene ring substituents is 1. The van der Waals surface area contributed by atoms with Gasteiger partial charge in [-0.05, 0) is 49.2 Å². The highest BCUT2D eigenvalue weighted by Crippen LogP contribution is 2.35. The Morgan fingerprint density at radius 2 is 1.89 bits per heavy atom. The molecule has 0 radical (unpaired) electrons. The van der Waals surface area contributed by atoms with E-state index in [0.29, 0.717) is 16.5 Å². The van der Waals surface area contributed by atoms with Crippen molar-refractivity contribution in [2.24, 2.45) is 0 Å². The van der Waals surface area contributed by atoms with Gasteiger partial charge in [-0.25, -0.2) is 0 Å². The van der Waals surface area contributed by atoms with Crippen molar-refractivity contribution in [1.82, 2.24) is 9.88 Å². The second-order valence-electron chi connectivity index (χ2n) is 8.61. The van der Waals surface area contributed by atoms with E-state index in [1.807, 2.05) is 62.4 Å². The van der Waals surface area contributed by atoms with E-state index in [4.69, 9.17) is 11.6 Å². The molecule has 1 saturated heterocycles. The monoisotopic (exact) mass is 518 g/mol. The van der Waals surface area contributed by atoms with Crippen LogP contribution < -0.4 is 10.6 Å². The molecule has 1 atom stereocenters. The third-order valence-electron chi connectivity index (χ3n) is 6.26. The summed E-state index contributed by atoms with van der Waals surface area (Å²) in [6.07, 6.45) is 1.94. The lowest BCUT2D eigenvalue weighted by Crippen LogP contribution is -2.31. The van der Waals surface area contributed by atoms with Gasteiger partial charge in [0.25, 0.3) is 11.6 Å². The maximum atomic E-state index is 12.8. The zero-order valence-corrected chi connectivity index (χ0v) is 21.2. The van der Waals surface area contributed by atoms with Crippen molar-refractivity contribution < 1.29 is 9.72 Å². The van der Waals surface area contributed by atoms with Crippen LogP contribution in [0.3, 0.4) is 0 Å². The molecule has 0 spiro atoms. The van der Waals surface area contributed by atoms with E-state index in [1.165, 1.54) is 23.9 Å². The van der Waals surface area contributed by atoms with Crippen LogP contribution in [-0.4, -0.2) is 20.9 Å². The van der Waals surface area contributed by atoms with Crippen molar-refractivity contribution in [2.45, 2.75) is 25.9 Å². The molecule has 0 bridgehead atoms. The van der Waals surface area contributed by atoms with Crippen LogP contribution in [0.5, 0.6) is 0 Å². The molecule has 182 valence electrons. The quantitative estimate of drug-likeness (QED) is 0.173. The van der Waals surface area contributed by atoms with Crippen molar-refractivity contribution in [2.75, 3.05) is 5.32 Å². The van der Waals surface area contributed by atoms with E-state index in [1.54, 1.807) is 12.1 Å². The Balaban J connectivity index is 1.45. The van der Waals surface area contributed by atoms with Gasteiger partial charge in [0, 0.05) is 51.5 Å². The zero-order valence-electron chi connectivity index (χ0n) is 19.6. The van der Waals surface area contributed by atoms with Gasteiger partial charge in [-0.1, -0.05) is 59.8 Å². The molecule has 0 aliphatic carbocycles. The second kappa shape index (κ2) is 9.72. The standard InChI is InChI=1S/C27H23ClN4O3S/c1-16-7-10-19(28)13-23(16)29-27-30-26(33)25(36-27)14-22-17(2)31(24-6-4-3-5-21(22)24)15-18-8-11-20(12-9-18)32(34)35/h3-14,27,29H,15H2,1-2H3,(H,30,33)/b25-14-. The van der Waals surface area contributed by atoms with E-state index in [-0.39, 0.29) is 17.1 Å². The molecule has 2 heterocycles. The van der Waals surface area contributed by atoms with Crippen LogP contribution in [0.15, 0.2) is 71.6 Å². The zero-order chi connectivity index (χ0) is 25.4. The minimum absolute atomic E-state index is 0.0682. The Morgan fingerprint density at radius 1 is 1.14 bits per heavy atom. The van der Waals surface area contributed by atoms with Gasteiger partial charge < -0.3 is 15.2 Å². The number of non-ortho nitro benzene ring substituents is 1. The van der Waals surface area contributed by atoms with Gasteiger partial charge in [-0.2, -0.15) is 0 Å². The van der Waals surface area contributed by atoms with Crippen LogP contribution in [0.2, 0.25) is 5.02 Å². The van der Waals surface area contributed by atoms with Gasteiger partial charge in [0.05, 0.1) is 9.83 Å². The van der Waals surface area contributed by atoms with Gasteiger partial charge in [0.1, 0.15) is 0 Å². The summed E-state index contributed by atoms with van der Waals surface area (Å²) in [5.41, 5.74) is 5.65. The summed E-state index contributed by atoms with van der Waals surface area (Å²) in [6, 6.07) is 20.3. The number of nitro groups is 1. The first-order valence-corrected chi connectivity index (χ1v) is 12.6. The number of benzene rings is 3. The number of anilines is 1. The number of nitrogens with one attached hydrogen (secondary N) is 2. The first-order valence-electron chi connectivity index (χ1n) is 11.3. The summed E-state index contributed by atoms with van der Waals surface area (Å²) in [6.45, 7) is 4.57. The predicted octanol–water partition coefficient (Wildman–Crippen LogP) is 6.47. The number of fused-ring (bicyclic) bond motifs is 1. The number of thioether (sulfide) groups is 1. The van der Waals surface area contributed by atoms with Crippen LogP contribution >= 0.6 is 23.4 Å². The number of amides is 1. The first kappa shape index (κ1) is 24.0. The third kappa shape index (κ3) is 4.69. The number of aromatic nitrogens is 1. The second-order valence-corrected chi connectivity index (χ2v) is 10.2. The van der Waals surface area contributed by atoms with Crippen molar-refractivity contribution in [3.63, 3.8) is 0 Å². The van der Waals surface area contributed by atoms with Gasteiger partial charge in [0.15, 0.2) is 5.50 Å². The SMILES string of the molecule is Cc1ccc(Cl)cc1NC1NC(=O)/C(=C/c2c(C)n(Cc3ccc([N+](=O)[O-])cc3)c3ccccc23)S1. The Kier molecular flexibility index (Phi) is 6.47. The van der Waals surface area contributed by atoms with Crippen LogP contribution in [-0.2, 0) is 11.3 Å². The Hall–Kier alpha value is -3.75. The van der Waals surface area contributed by atoms with E-state index < -0.39 is 4.92 Å². The fourth-order valence-electron chi connectivity index (χ4n) is 4.34. The number of carbonyl (C=O) groups excluding carboxylic acids is 1. The summed E-state index contributed by atoms with van der Waals surface area (Å²) in [5.74, 6) is -0.135. The topological polar surface area (TPSA) is 89.2 Å². The van der Waals surface area contributed by atoms with Gasteiger partial charge in [-0.15, -0.1) is 0 Å². The highest BCUT2D eigenvalue weighted by molar-refractivity contribution is 8.05. The molecule has 4 aromatic rings. The van der Waals surface area contributed by atoms with Crippen LogP contribution in [0.1, 0.15) is 22.4 Å². The molecular formula is C27H23ClN4O3S. The van der Waals surface area contributed by atoms with Gasteiger partial charge in [-0.3, -0.25) is 14.9 Å². The fourth-order valence-corrected chi connectivity index (χ4v) is 5.47. The smallest absolute Gasteiger partial charge is 0.269 e. The predicted molar refractivity (Wildman–Crippen MR) is 146 cm³/mol. The molecule has 7 nitrogen and oxygen atoms in total. The molecule has 2 N–H and O–H groups in total. The van der Waals surface area contributed by atoms with Crippen molar-refractivity contribution in [3.05, 3.63) is 109 Å². The van der Waals surface area contributed by atoms with E-state index in [9.17, 15) is 14.9 Å². The lowest BCUT2D eigenvalue weighted by molar-refractivity contribution is -0.384. The third-order valence-corrected chi connectivity index (χ3v) is 7.52. The number of rotatable bonds is 6. The maximum Gasteiger partial charge on any atom is 0.269 e. The average molecular weight is 519 g/mol. The van der Waals surface area contributed by atoms with Gasteiger partial charge >= 0.3 is 0 Å². The molecule has 1 aliphatic heterocycles. The molecule has 1 amide bonds. The number of nitrogens with zero attached hydrogens (tertiary/aromatic N) is 2. The highest BCUT2D eigenvalue weighted by Gasteiger charge is 2.28. The minimum atomic E-state index is -0.398. The van der Waals surface area contributed by atoms with Crippen LogP contribution in [0.4, 0.5) is 11.4 Å². The summed E-state index contributed by atoms with van der Waals surface area (Å²) in [7, 11) is 0. The highest BCUT2D eigenvalue weighted by atomic mass is 35.5. The molecule has 1 fully saturated rings. The van der Waals surface area contributed by atoms with Crippen molar-refractivity contribution >= 4 is 57.6 Å². The summed E-state index contributed by atoms with van der Waals surface area (Å²) in [4.78, 5) is 24.1. The lowest BCUT2D eigenvalue weighted by atomic mass is 10.1. The Bertz CT molecular complexity index is 1530. The fraction of sp³-hybridized carbons (Fsp3) is 0.148. The normalized spacial score (nSPS) is 16.5. The van der Waals surface area contributed by atoms with E-state index >= 15 is 0 Å². The number of aryl methyl sites for hydroxylation is 1. The average Bonchev–Trinajstić information content (AvgIpc) is 3.33. The number of carbonyl (C=O) groups is 1. The number of para-hydroxylation sites is 1. The van der Waals surface area contributed by atoms with Gasteiger partial charge in [0.2, 0.25) is 0 Å². The number of halogens is 1. The summed E-state index contributed by atoms with van der Waals surface area (Å²) >= 11 is 7.57. The lowest BCUT2D eigenvalue weighted by Gasteiger charge is -2.15. The molecule has 1 aliphatic rings. The molecule has 3 aromatic carbocycles. The number of hydrogen-bond acceptors (Lipinski definition) is 5. The number of hydrogen-bond donors (Lipinski definition) is 2. The molecule has 0 saturated carbocycles. The van der Waals surface area contributed by atoms with Crippen molar-refractivity contribution in [3.8, 4) is 0 Å². The first-order chi connectivity index (χ1) is 17.3. The van der Waals surface area contributed by atoms with E-state index in [0.717, 1.165) is 39.0 Å². The van der Waals surface area contributed by atoms with Crippen LogP contribution in [0, 0.1) is 24.0 Å². The maximum absolute atomic E-state index is 12.8. The Labute approximate surface area is 217 Å². The summed E-state index contributed by atoms with van der Waals surface area (Å²) in [5, 5.41) is 19.0. The molecule has 5 rings (SSSR count). The molecular weight excluding hydrogens is 496 g/mol. The largest absolute Gasteiger partial charge is 0.356 e. The molecule has 1 aromatic heterocycles. The summed E-state index contributed by atoms with van der Waals surface area (Å²) < 4.78 is 2.17. The Morgan fingerprint density at radius 3 is 2.64 bits per heavy atom. The molecule has 36 heavy (non-hydrogen) atoms. The van der Waals surface area contributed by atoms with E-state index in [2.05, 4.69) is 15.2 Å². The van der Waals surface area contributed by atoms with Crippen LogP contribution in [0.25, 0.3) is 17.0 Å². The molecule has 1 unspecified atom stereocenters. The molecule has 9 heteroatoms. The van der Waals surface area contributed by atoms with Crippen molar-refractivity contribution in [1.29, 1.82) is 0 Å². The minimum Gasteiger partial charge on any atom is -0.356 e.